The number of fused-ring (bicyclic) bond motifs is 1. The number of carbonyl (C=O) groups is 1. The number of hydrogen-bond acceptors (Lipinski definition) is 8. The summed E-state index contributed by atoms with van der Waals surface area (Å²) in [4.78, 5) is 31.1. The first-order chi connectivity index (χ1) is 18.5. The average Bonchev–Trinajstić information content (AvgIpc) is 3.38. The van der Waals surface area contributed by atoms with E-state index in [2.05, 4.69) is 31.5 Å². The minimum absolute atomic E-state index is 0.153. The predicted octanol–water partition coefficient (Wildman–Crippen LogP) is 3.24. The molecule has 1 aliphatic heterocycles. The monoisotopic (exact) mass is 516 g/mol. The highest BCUT2D eigenvalue weighted by Crippen LogP contribution is 2.31. The van der Waals surface area contributed by atoms with Crippen LogP contribution in [0.3, 0.4) is 0 Å². The maximum atomic E-state index is 13.4. The number of likely N-dealkylation sites (tertiary alicyclic amines) is 1. The maximum absolute atomic E-state index is 13.4. The van der Waals surface area contributed by atoms with Gasteiger partial charge in [0.05, 0.1) is 26.2 Å². The van der Waals surface area contributed by atoms with E-state index in [1.165, 1.54) is 0 Å². The van der Waals surface area contributed by atoms with Crippen LogP contribution in [0.25, 0.3) is 10.9 Å². The molecule has 0 radical (unpaired) electrons. The van der Waals surface area contributed by atoms with Crippen molar-refractivity contribution in [1.82, 2.24) is 30.1 Å². The number of ether oxygens (including phenoxy) is 2. The Morgan fingerprint density at radius 3 is 2.61 bits per heavy atom. The molecule has 198 valence electrons. The number of hydrogen-bond donors (Lipinski definition) is 1. The van der Waals surface area contributed by atoms with E-state index in [4.69, 9.17) is 9.47 Å². The van der Waals surface area contributed by atoms with E-state index in [9.17, 15) is 9.59 Å². The number of aromatic amines is 1. The molecule has 0 saturated carbocycles. The van der Waals surface area contributed by atoms with Crippen molar-refractivity contribution in [3.8, 4) is 5.75 Å². The number of nitrogens with one attached hydrogen (secondary N) is 1. The number of pyridine rings is 1. The number of carbonyl (C=O) groups excluding carboxylic acids is 1. The predicted molar refractivity (Wildman–Crippen MR) is 142 cm³/mol. The molecule has 1 N–H and O–H groups in total. The molecule has 0 amide bonds. The number of piperidine rings is 1. The SMILES string of the molecule is CCOC(=O)C1CCN([C@H](c2cc3cc(C)ccc3[nH]c2=O)c2nnnn2Cc2ccc(OC)cc2)CC1. The lowest BCUT2D eigenvalue weighted by Gasteiger charge is -2.36. The van der Waals surface area contributed by atoms with Crippen LogP contribution >= 0.6 is 0 Å². The number of tetrazole rings is 1. The summed E-state index contributed by atoms with van der Waals surface area (Å²) >= 11 is 0. The number of benzene rings is 2. The largest absolute Gasteiger partial charge is 0.497 e. The van der Waals surface area contributed by atoms with Gasteiger partial charge in [-0.15, -0.1) is 5.10 Å². The van der Waals surface area contributed by atoms with Crippen molar-refractivity contribution in [3.63, 3.8) is 0 Å². The number of nitrogens with zero attached hydrogens (tertiary/aromatic N) is 5. The molecule has 0 bridgehead atoms. The lowest BCUT2D eigenvalue weighted by molar-refractivity contribution is -0.149. The highest BCUT2D eigenvalue weighted by Gasteiger charge is 2.35. The van der Waals surface area contributed by atoms with Crippen LogP contribution in [-0.4, -0.2) is 62.9 Å². The van der Waals surface area contributed by atoms with Gasteiger partial charge in [0, 0.05) is 24.2 Å². The molecule has 1 atom stereocenters. The molecular weight excluding hydrogens is 484 g/mol. The van der Waals surface area contributed by atoms with Crippen molar-refractivity contribution < 1.29 is 14.3 Å². The van der Waals surface area contributed by atoms with Gasteiger partial charge < -0.3 is 14.5 Å². The van der Waals surface area contributed by atoms with Gasteiger partial charge in [-0.3, -0.25) is 14.5 Å². The summed E-state index contributed by atoms with van der Waals surface area (Å²) in [6.07, 6.45) is 1.28. The molecule has 0 spiro atoms. The van der Waals surface area contributed by atoms with E-state index in [-0.39, 0.29) is 17.4 Å². The summed E-state index contributed by atoms with van der Waals surface area (Å²) in [5.41, 5.74) is 3.28. The second-order valence-electron chi connectivity index (χ2n) is 9.65. The van der Waals surface area contributed by atoms with Crippen molar-refractivity contribution in [1.29, 1.82) is 0 Å². The molecule has 1 saturated heterocycles. The summed E-state index contributed by atoms with van der Waals surface area (Å²) in [6, 6.07) is 15.1. The van der Waals surface area contributed by atoms with E-state index in [1.807, 2.05) is 56.3 Å². The summed E-state index contributed by atoms with van der Waals surface area (Å²) in [6.45, 7) is 5.86. The Morgan fingerprint density at radius 2 is 1.89 bits per heavy atom. The molecule has 0 unspecified atom stereocenters. The standard InChI is InChI=1S/C28H32N6O4/c1-4-38-28(36)20-11-13-33(14-12-20)25(23-16-21-15-18(2)5-10-24(21)29-27(23)35)26-30-31-32-34(26)17-19-6-8-22(37-3)9-7-19/h5-10,15-16,20,25H,4,11-14,17H2,1-3H3,(H,29,35)/t25-/m1/s1. The lowest BCUT2D eigenvalue weighted by atomic mass is 9.93. The van der Waals surface area contributed by atoms with Crippen LogP contribution in [0.2, 0.25) is 0 Å². The normalized spacial score (nSPS) is 15.4. The maximum Gasteiger partial charge on any atom is 0.309 e. The number of aromatic nitrogens is 5. The fraction of sp³-hybridized carbons (Fsp3) is 0.393. The molecule has 1 fully saturated rings. The fourth-order valence-electron chi connectivity index (χ4n) is 5.12. The van der Waals surface area contributed by atoms with Crippen molar-refractivity contribution in [2.24, 2.45) is 5.92 Å². The summed E-state index contributed by atoms with van der Waals surface area (Å²) in [7, 11) is 1.63. The molecular formula is C28H32N6O4. The summed E-state index contributed by atoms with van der Waals surface area (Å²) < 4.78 is 12.3. The molecule has 4 aromatic rings. The van der Waals surface area contributed by atoms with Crippen molar-refractivity contribution in [3.05, 3.63) is 81.4 Å². The number of methoxy groups -OCH3 is 1. The Morgan fingerprint density at radius 1 is 1.13 bits per heavy atom. The van der Waals surface area contributed by atoms with E-state index in [0.29, 0.717) is 50.5 Å². The topological polar surface area (TPSA) is 115 Å². The number of H-pyrrole nitrogens is 1. The highest BCUT2D eigenvalue weighted by molar-refractivity contribution is 5.79. The van der Waals surface area contributed by atoms with Crippen molar-refractivity contribution >= 4 is 16.9 Å². The minimum atomic E-state index is -0.486. The quantitative estimate of drug-likeness (QED) is 0.355. The minimum Gasteiger partial charge on any atom is -0.497 e. The first kappa shape index (κ1) is 25.6. The zero-order chi connectivity index (χ0) is 26.6. The highest BCUT2D eigenvalue weighted by atomic mass is 16.5. The lowest BCUT2D eigenvalue weighted by Crippen LogP contribution is -2.42. The van der Waals surface area contributed by atoms with Crippen LogP contribution in [-0.2, 0) is 16.1 Å². The Labute approximate surface area is 220 Å². The van der Waals surface area contributed by atoms with E-state index in [0.717, 1.165) is 27.8 Å². The first-order valence-electron chi connectivity index (χ1n) is 12.9. The van der Waals surface area contributed by atoms with Gasteiger partial charge in [-0.2, -0.15) is 0 Å². The van der Waals surface area contributed by atoms with Gasteiger partial charge in [0.25, 0.3) is 5.56 Å². The van der Waals surface area contributed by atoms with Gasteiger partial charge in [-0.05, 0) is 78.4 Å². The van der Waals surface area contributed by atoms with Crippen molar-refractivity contribution in [2.45, 2.75) is 39.3 Å². The Balaban J connectivity index is 1.53. The van der Waals surface area contributed by atoms with Gasteiger partial charge >= 0.3 is 5.97 Å². The van der Waals surface area contributed by atoms with Gasteiger partial charge in [-0.1, -0.05) is 23.8 Å². The number of aryl methyl sites for hydroxylation is 1. The van der Waals surface area contributed by atoms with Crippen LogP contribution in [0.4, 0.5) is 0 Å². The second-order valence-corrected chi connectivity index (χ2v) is 9.65. The smallest absolute Gasteiger partial charge is 0.309 e. The van der Waals surface area contributed by atoms with Crippen LogP contribution in [0.5, 0.6) is 5.75 Å². The molecule has 0 aliphatic carbocycles. The third kappa shape index (κ3) is 5.31. The number of esters is 1. The van der Waals surface area contributed by atoms with E-state index in [1.54, 1.807) is 11.8 Å². The molecule has 2 aromatic heterocycles. The van der Waals surface area contributed by atoms with Crippen LogP contribution in [0, 0.1) is 12.8 Å². The van der Waals surface area contributed by atoms with Crippen LogP contribution in [0.1, 0.15) is 48.3 Å². The molecule has 2 aromatic carbocycles. The zero-order valence-corrected chi connectivity index (χ0v) is 21.9. The van der Waals surface area contributed by atoms with Crippen molar-refractivity contribution in [2.75, 3.05) is 26.8 Å². The second kappa shape index (κ2) is 11.1. The Hall–Kier alpha value is -4.05. The summed E-state index contributed by atoms with van der Waals surface area (Å²) in [5.74, 6) is 1.03. The van der Waals surface area contributed by atoms with Gasteiger partial charge in [0.2, 0.25) is 0 Å². The number of rotatable bonds is 8. The molecule has 38 heavy (non-hydrogen) atoms. The molecule has 10 nitrogen and oxygen atoms in total. The van der Waals surface area contributed by atoms with E-state index < -0.39 is 6.04 Å². The summed E-state index contributed by atoms with van der Waals surface area (Å²) in [5, 5.41) is 13.6. The molecule has 1 aliphatic rings. The van der Waals surface area contributed by atoms with Gasteiger partial charge in [0.15, 0.2) is 5.82 Å². The third-order valence-electron chi connectivity index (χ3n) is 7.13. The first-order valence-corrected chi connectivity index (χ1v) is 12.9. The average molecular weight is 517 g/mol. The molecule has 3 heterocycles. The Bertz CT molecular complexity index is 1470. The Kier molecular flexibility index (Phi) is 7.50. The van der Waals surface area contributed by atoms with Gasteiger partial charge in [0.1, 0.15) is 11.8 Å². The fourth-order valence-corrected chi connectivity index (χ4v) is 5.12. The molecule has 10 heteroatoms. The third-order valence-corrected chi connectivity index (χ3v) is 7.13. The van der Waals surface area contributed by atoms with Gasteiger partial charge in [-0.25, -0.2) is 4.68 Å². The van der Waals surface area contributed by atoms with E-state index >= 15 is 0 Å². The van der Waals surface area contributed by atoms with Crippen LogP contribution in [0.15, 0.2) is 53.3 Å². The zero-order valence-electron chi connectivity index (χ0n) is 21.9. The van der Waals surface area contributed by atoms with Crippen LogP contribution < -0.4 is 10.3 Å². The molecule has 5 rings (SSSR count).